The number of hydrogen-bond acceptors (Lipinski definition) is 4. The Balaban J connectivity index is 1.79. The highest BCUT2D eigenvalue weighted by atomic mass is 32.2. The van der Waals surface area contributed by atoms with E-state index >= 15 is 0 Å². The summed E-state index contributed by atoms with van der Waals surface area (Å²) in [5.74, 6) is 0.595. The number of hydrogen-bond donors (Lipinski definition) is 1. The first-order chi connectivity index (χ1) is 9.64. The highest BCUT2D eigenvalue weighted by Crippen LogP contribution is 2.32. The maximum atomic E-state index is 11.5. The van der Waals surface area contributed by atoms with Crippen molar-refractivity contribution in [3.05, 3.63) is 41.8 Å². The molecule has 0 unspecified atom stereocenters. The number of benzene rings is 1. The summed E-state index contributed by atoms with van der Waals surface area (Å²) in [6, 6.07) is 12.6. The first kappa shape index (κ1) is 13.6. The van der Waals surface area contributed by atoms with Crippen LogP contribution < -0.4 is 5.32 Å². The molecular formula is C15H17NO2S2. The quantitative estimate of drug-likeness (QED) is 0.945. The van der Waals surface area contributed by atoms with E-state index < -0.39 is 9.84 Å². The van der Waals surface area contributed by atoms with Crippen molar-refractivity contribution in [1.29, 1.82) is 0 Å². The second kappa shape index (κ2) is 5.58. The zero-order chi connectivity index (χ0) is 14.0. The van der Waals surface area contributed by atoms with Gasteiger partial charge in [-0.2, -0.15) is 0 Å². The van der Waals surface area contributed by atoms with E-state index in [1.54, 1.807) is 11.3 Å². The molecule has 1 aliphatic heterocycles. The van der Waals surface area contributed by atoms with E-state index in [9.17, 15) is 8.42 Å². The number of para-hydroxylation sites is 1. The highest BCUT2D eigenvalue weighted by molar-refractivity contribution is 7.91. The Labute approximate surface area is 123 Å². The van der Waals surface area contributed by atoms with Gasteiger partial charge in [0.05, 0.1) is 11.5 Å². The average Bonchev–Trinajstić information content (AvgIpc) is 2.96. The number of thiophene rings is 1. The minimum atomic E-state index is -2.80. The van der Waals surface area contributed by atoms with Gasteiger partial charge in [-0.05, 0) is 30.4 Å². The summed E-state index contributed by atoms with van der Waals surface area (Å²) in [7, 11) is -2.80. The smallest absolute Gasteiger partial charge is 0.150 e. The van der Waals surface area contributed by atoms with Crippen LogP contribution in [-0.4, -0.2) is 26.0 Å². The lowest BCUT2D eigenvalue weighted by atomic mass is 10.1. The van der Waals surface area contributed by atoms with Crippen molar-refractivity contribution in [2.75, 3.05) is 16.8 Å². The van der Waals surface area contributed by atoms with E-state index in [0.29, 0.717) is 24.3 Å². The van der Waals surface area contributed by atoms with Gasteiger partial charge in [-0.25, -0.2) is 8.42 Å². The van der Waals surface area contributed by atoms with Crippen LogP contribution in [0.1, 0.15) is 12.8 Å². The molecule has 106 valence electrons. The minimum Gasteiger partial charge on any atom is -0.382 e. The maximum absolute atomic E-state index is 11.5. The van der Waals surface area contributed by atoms with E-state index in [1.807, 2.05) is 18.2 Å². The van der Waals surface area contributed by atoms with Crippen molar-refractivity contribution in [1.82, 2.24) is 0 Å². The third kappa shape index (κ3) is 3.04. The summed E-state index contributed by atoms with van der Waals surface area (Å²) in [5.41, 5.74) is 2.29. The van der Waals surface area contributed by atoms with Crippen molar-refractivity contribution in [3.8, 4) is 10.4 Å². The second-order valence-electron chi connectivity index (χ2n) is 5.09. The van der Waals surface area contributed by atoms with Crippen molar-refractivity contribution in [3.63, 3.8) is 0 Å². The molecule has 0 aliphatic carbocycles. The Morgan fingerprint density at radius 1 is 1.05 bits per heavy atom. The Morgan fingerprint density at radius 3 is 2.50 bits per heavy atom. The van der Waals surface area contributed by atoms with Gasteiger partial charge in [0.25, 0.3) is 0 Å². The molecule has 0 bridgehead atoms. The molecule has 1 fully saturated rings. The van der Waals surface area contributed by atoms with E-state index in [1.165, 1.54) is 10.4 Å². The molecule has 0 radical (unpaired) electrons. The summed E-state index contributed by atoms with van der Waals surface area (Å²) in [6.45, 7) is 0. The fourth-order valence-corrected chi connectivity index (χ4v) is 4.77. The molecule has 1 aromatic carbocycles. The molecule has 20 heavy (non-hydrogen) atoms. The molecular weight excluding hydrogens is 290 g/mol. The van der Waals surface area contributed by atoms with Crippen LogP contribution in [0.5, 0.6) is 0 Å². The molecule has 1 aromatic heterocycles. The zero-order valence-electron chi connectivity index (χ0n) is 11.1. The molecule has 0 amide bonds. The standard InChI is InChI=1S/C15H17NO2S2/c17-20(18)10-7-12(8-11-20)16-14-5-2-1-4-13(14)15-6-3-9-19-15/h1-6,9,12,16H,7-8,10-11H2. The monoisotopic (exact) mass is 307 g/mol. The van der Waals surface area contributed by atoms with Crippen LogP contribution in [0.25, 0.3) is 10.4 Å². The van der Waals surface area contributed by atoms with Gasteiger partial charge >= 0.3 is 0 Å². The average molecular weight is 307 g/mol. The fourth-order valence-electron chi connectivity index (χ4n) is 2.51. The third-order valence-corrected chi connectivity index (χ3v) is 6.25. The predicted octanol–water partition coefficient (Wildman–Crippen LogP) is 3.40. The van der Waals surface area contributed by atoms with Crippen LogP contribution >= 0.6 is 11.3 Å². The minimum absolute atomic E-state index is 0.250. The van der Waals surface area contributed by atoms with Crippen LogP contribution in [-0.2, 0) is 9.84 Å². The van der Waals surface area contributed by atoms with Gasteiger partial charge in [-0.15, -0.1) is 11.3 Å². The second-order valence-corrected chi connectivity index (χ2v) is 8.34. The van der Waals surface area contributed by atoms with Crippen molar-refractivity contribution < 1.29 is 8.42 Å². The number of nitrogens with one attached hydrogen (secondary N) is 1. The number of rotatable bonds is 3. The van der Waals surface area contributed by atoms with E-state index in [0.717, 1.165) is 5.69 Å². The molecule has 1 aliphatic rings. The third-order valence-electron chi connectivity index (χ3n) is 3.63. The first-order valence-corrected chi connectivity index (χ1v) is 9.44. The molecule has 3 nitrogen and oxygen atoms in total. The molecule has 0 spiro atoms. The Bertz CT molecular complexity index is 664. The van der Waals surface area contributed by atoms with E-state index in [4.69, 9.17) is 0 Å². The summed E-state index contributed by atoms with van der Waals surface area (Å²) in [6.07, 6.45) is 1.39. The Hall–Kier alpha value is -1.33. The normalized spacial score (nSPS) is 18.8. The summed E-state index contributed by atoms with van der Waals surface area (Å²) in [5, 5.41) is 5.59. The van der Waals surface area contributed by atoms with Gasteiger partial charge < -0.3 is 5.32 Å². The largest absolute Gasteiger partial charge is 0.382 e. The molecule has 2 heterocycles. The lowest BCUT2D eigenvalue weighted by Gasteiger charge is -2.25. The van der Waals surface area contributed by atoms with Gasteiger partial charge in [0.2, 0.25) is 0 Å². The number of sulfone groups is 1. The first-order valence-electron chi connectivity index (χ1n) is 6.74. The van der Waals surface area contributed by atoms with Crippen LogP contribution in [0.4, 0.5) is 5.69 Å². The van der Waals surface area contributed by atoms with Crippen LogP contribution in [0.2, 0.25) is 0 Å². The van der Waals surface area contributed by atoms with Crippen molar-refractivity contribution >= 4 is 26.9 Å². The van der Waals surface area contributed by atoms with Crippen LogP contribution in [0.3, 0.4) is 0 Å². The molecule has 5 heteroatoms. The lowest BCUT2D eigenvalue weighted by Crippen LogP contribution is -2.32. The van der Waals surface area contributed by atoms with Gasteiger partial charge in [-0.1, -0.05) is 24.3 Å². The molecule has 3 rings (SSSR count). The zero-order valence-corrected chi connectivity index (χ0v) is 12.7. The van der Waals surface area contributed by atoms with Gasteiger partial charge in [-0.3, -0.25) is 0 Å². The van der Waals surface area contributed by atoms with Gasteiger partial charge in [0.1, 0.15) is 9.84 Å². The van der Waals surface area contributed by atoms with E-state index in [-0.39, 0.29) is 6.04 Å². The lowest BCUT2D eigenvalue weighted by molar-refractivity contribution is 0.559. The molecule has 0 atom stereocenters. The Morgan fingerprint density at radius 2 is 1.80 bits per heavy atom. The molecule has 2 aromatic rings. The SMILES string of the molecule is O=S1(=O)CCC(Nc2ccccc2-c2cccs2)CC1. The topological polar surface area (TPSA) is 46.2 Å². The summed E-state index contributed by atoms with van der Waals surface area (Å²) < 4.78 is 23.0. The molecule has 1 N–H and O–H groups in total. The molecule has 0 saturated carbocycles. The van der Waals surface area contributed by atoms with Crippen LogP contribution in [0, 0.1) is 0 Å². The molecule has 1 saturated heterocycles. The van der Waals surface area contributed by atoms with Gasteiger partial charge in [0, 0.05) is 22.2 Å². The van der Waals surface area contributed by atoms with Crippen molar-refractivity contribution in [2.45, 2.75) is 18.9 Å². The summed E-state index contributed by atoms with van der Waals surface area (Å²) >= 11 is 1.72. The number of anilines is 1. The Kier molecular flexibility index (Phi) is 3.81. The predicted molar refractivity (Wildman–Crippen MR) is 85.1 cm³/mol. The van der Waals surface area contributed by atoms with Gasteiger partial charge in [0.15, 0.2) is 0 Å². The fraction of sp³-hybridized carbons (Fsp3) is 0.333. The van der Waals surface area contributed by atoms with E-state index in [2.05, 4.69) is 28.9 Å². The van der Waals surface area contributed by atoms with Crippen molar-refractivity contribution in [2.24, 2.45) is 0 Å². The maximum Gasteiger partial charge on any atom is 0.150 e. The summed E-state index contributed by atoms with van der Waals surface area (Å²) in [4.78, 5) is 1.23. The van der Waals surface area contributed by atoms with Crippen LogP contribution in [0.15, 0.2) is 41.8 Å². The highest BCUT2D eigenvalue weighted by Gasteiger charge is 2.23.